The molecule has 1 aromatic carbocycles. The number of piperidine rings is 1. The molecule has 5 nitrogen and oxygen atoms in total. The van der Waals surface area contributed by atoms with Gasteiger partial charge < -0.3 is 16.0 Å². The fourth-order valence-electron chi connectivity index (χ4n) is 2.96. The highest BCUT2D eigenvalue weighted by Crippen LogP contribution is 2.26. The van der Waals surface area contributed by atoms with Gasteiger partial charge in [-0.2, -0.15) is 0 Å². The van der Waals surface area contributed by atoms with Crippen LogP contribution < -0.4 is 16.0 Å². The van der Waals surface area contributed by atoms with Crippen LogP contribution in [0.3, 0.4) is 0 Å². The summed E-state index contributed by atoms with van der Waals surface area (Å²) in [4.78, 5) is 23.7. The monoisotopic (exact) mass is 353 g/mol. The molecule has 0 aliphatic carbocycles. The van der Waals surface area contributed by atoms with E-state index in [-0.39, 0.29) is 42.1 Å². The molecule has 1 aliphatic rings. The molecule has 1 unspecified atom stereocenters. The van der Waals surface area contributed by atoms with E-state index in [0.29, 0.717) is 6.54 Å². The lowest BCUT2D eigenvalue weighted by Crippen LogP contribution is -2.43. The Balaban J connectivity index is 0.00000288. The van der Waals surface area contributed by atoms with Gasteiger partial charge in [-0.05, 0) is 36.9 Å². The smallest absolute Gasteiger partial charge is 0.222 e. The van der Waals surface area contributed by atoms with Crippen molar-refractivity contribution in [2.75, 3.05) is 19.6 Å². The molecule has 1 heterocycles. The molecule has 1 aromatic rings. The van der Waals surface area contributed by atoms with Crippen LogP contribution in [-0.2, 0) is 9.59 Å². The number of hydrogen-bond donors (Lipinski definition) is 3. The van der Waals surface area contributed by atoms with Crippen LogP contribution in [0.4, 0.5) is 0 Å². The van der Waals surface area contributed by atoms with Crippen molar-refractivity contribution < 1.29 is 9.59 Å². The van der Waals surface area contributed by atoms with Crippen molar-refractivity contribution in [2.45, 2.75) is 39.2 Å². The van der Waals surface area contributed by atoms with Crippen molar-refractivity contribution in [1.29, 1.82) is 0 Å². The predicted octanol–water partition coefficient (Wildman–Crippen LogP) is 2.18. The zero-order chi connectivity index (χ0) is 16.7. The van der Waals surface area contributed by atoms with E-state index in [4.69, 9.17) is 0 Å². The Labute approximate surface area is 150 Å². The van der Waals surface area contributed by atoms with Crippen LogP contribution >= 0.6 is 12.4 Å². The molecule has 134 valence electrons. The minimum Gasteiger partial charge on any atom is -0.355 e. The first-order valence-electron chi connectivity index (χ1n) is 8.28. The second kappa shape index (κ2) is 9.64. The summed E-state index contributed by atoms with van der Waals surface area (Å²) in [5, 5.41) is 9.26. The lowest BCUT2D eigenvalue weighted by Gasteiger charge is -2.34. The van der Waals surface area contributed by atoms with Crippen molar-refractivity contribution in [3.8, 4) is 0 Å². The third-order valence-corrected chi connectivity index (χ3v) is 4.49. The largest absolute Gasteiger partial charge is 0.355 e. The molecule has 1 fully saturated rings. The number of carbonyl (C=O) groups is 2. The SMILES string of the molecule is CC(=O)NC(CC(=O)NCC1(C)CCNCC1)c1ccccc1.Cl. The lowest BCUT2D eigenvalue weighted by molar-refractivity contribution is -0.123. The number of carbonyl (C=O) groups excluding carboxylic acids is 2. The predicted molar refractivity (Wildman–Crippen MR) is 98.1 cm³/mol. The Bertz CT molecular complexity index is 530. The number of benzene rings is 1. The zero-order valence-corrected chi connectivity index (χ0v) is 15.2. The molecule has 0 bridgehead atoms. The zero-order valence-electron chi connectivity index (χ0n) is 14.4. The minimum absolute atomic E-state index is 0. The minimum atomic E-state index is -0.283. The van der Waals surface area contributed by atoms with E-state index in [2.05, 4.69) is 22.9 Å². The summed E-state index contributed by atoms with van der Waals surface area (Å²) in [6.45, 7) is 6.39. The maximum atomic E-state index is 12.3. The van der Waals surface area contributed by atoms with Gasteiger partial charge in [-0.3, -0.25) is 9.59 Å². The number of amides is 2. The van der Waals surface area contributed by atoms with Gasteiger partial charge in [0, 0.05) is 13.5 Å². The molecule has 6 heteroatoms. The number of rotatable bonds is 6. The maximum Gasteiger partial charge on any atom is 0.222 e. The standard InChI is InChI=1S/C18H27N3O2.ClH/c1-14(22)21-16(15-6-4-3-5-7-15)12-17(23)20-13-18(2)8-10-19-11-9-18;/h3-7,16,19H,8-13H2,1-2H3,(H,20,23)(H,21,22);1H. The molecule has 24 heavy (non-hydrogen) atoms. The first-order chi connectivity index (χ1) is 11.0. The summed E-state index contributed by atoms with van der Waals surface area (Å²) >= 11 is 0. The molecule has 0 radical (unpaired) electrons. The summed E-state index contributed by atoms with van der Waals surface area (Å²) in [7, 11) is 0. The van der Waals surface area contributed by atoms with E-state index in [1.54, 1.807) is 0 Å². The topological polar surface area (TPSA) is 70.2 Å². The highest BCUT2D eigenvalue weighted by Gasteiger charge is 2.27. The average molecular weight is 354 g/mol. The third-order valence-electron chi connectivity index (χ3n) is 4.49. The third kappa shape index (κ3) is 6.49. The second-order valence-corrected chi connectivity index (χ2v) is 6.71. The fourth-order valence-corrected chi connectivity index (χ4v) is 2.96. The van der Waals surface area contributed by atoms with Gasteiger partial charge in [0.05, 0.1) is 12.5 Å². The van der Waals surface area contributed by atoms with E-state index in [9.17, 15) is 9.59 Å². The Morgan fingerprint density at radius 2 is 1.83 bits per heavy atom. The van der Waals surface area contributed by atoms with Gasteiger partial charge in [-0.15, -0.1) is 12.4 Å². The highest BCUT2D eigenvalue weighted by molar-refractivity contribution is 5.85. The number of halogens is 1. The molecule has 0 saturated carbocycles. The molecule has 0 aromatic heterocycles. The molecular formula is C18H28ClN3O2. The second-order valence-electron chi connectivity index (χ2n) is 6.71. The van der Waals surface area contributed by atoms with Gasteiger partial charge in [-0.1, -0.05) is 37.3 Å². The van der Waals surface area contributed by atoms with E-state index < -0.39 is 0 Å². The van der Waals surface area contributed by atoms with E-state index in [0.717, 1.165) is 31.5 Å². The van der Waals surface area contributed by atoms with Gasteiger partial charge in [0.1, 0.15) is 0 Å². The quantitative estimate of drug-likeness (QED) is 0.734. The molecule has 0 spiro atoms. The highest BCUT2D eigenvalue weighted by atomic mass is 35.5. The summed E-state index contributed by atoms with van der Waals surface area (Å²) in [6.07, 6.45) is 2.40. The summed E-state index contributed by atoms with van der Waals surface area (Å²) in [5.41, 5.74) is 1.11. The maximum absolute atomic E-state index is 12.3. The first kappa shape index (κ1) is 20.5. The van der Waals surface area contributed by atoms with Crippen molar-refractivity contribution in [2.24, 2.45) is 5.41 Å². The van der Waals surface area contributed by atoms with Gasteiger partial charge in [-0.25, -0.2) is 0 Å². The summed E-state index contributed by atoms with van der Waals surface area (Å²) < 4.78 is 0. The van der Waals surface area contributed by atoms with Gasteiger partial charge >= 0.3 is 0 Å². The van der Waals surface area contributed by atoms with Crippen molar-refractivity contribution in [3.05, 3.63) is 35.9 Å². The molecule has 1 aliphatic heterocycles. The van der Waals surface area contributed by atoms with Gasteiger partial charge in [0.25, 0.3) is 0 Å². The summed E-state index contributed by atoms with van der Waals surface area (Å²) in [6, 6.07) is 9.33. The van der Waals surface area contributed by atoms with Crippen molar-refractivity contribution in [1.82, 2.24) is 16.0 Å². The van der Waals surface area contributed by atoms with Crippen molar-refractivity contribution in [3.63, 3.8) is 0 Å². The Hall–Kier alpha value is -1.59. The van der Waals surface area contributed by atoms with Gasteiger partial charge in [0.15, 0.2) is 0 Å². The molecular weight excluding hydrogens is 326 g/mol. The average Bonchev–Trinajstić information content (AvgIpc) is 2.54. The number of nitrogens with one attached hydrogen (secondary N) is 3. The van der Waals surface area contributed by atoms with Crippen LogP contribution in [0, 0.1) is 5.41 Å². The van der Waals surface area contributed by atoms with Crippen LogP contribution in [0.1, 0.15) is 44.7 Å². The Morgan fingerprint density at radius 1 is 1.21 bits per heavy atom. The molecule has 1 atom stereocenters. The van der Waals surface area contributed by atoms with Crippen LogP contribution in [0.25, 0.3) is 0 Å². The van der Waals surface area contributed by atoms with Crippen LogP contribution in [0.2, 0.25) is 0 Å². The Kier molecular flexibility index (Phi) is 8.22. The molecule has 2 rings (SSSR count). The van der Waals surface area contributed by atoms with Crippen LogP contribution in [0.15, 0.2) is 30.3 Å². The summed E-state index contributed by atoms with van der Waals surface area (Å²) in [5.74, 6) is -0.149. The van der Waals surface area contributed by atoms with Crippen LogP contribution in [-0.4, -0.2) is 31.4 Å². The normalized spacial score (nSPS) is 17.2. The first-order valence-corrected chi connectivity index (χ1v) is 8.28. The number of hydrogen-bond acceptors (Lipinski definition) is 3. The lowest BCUT2D eigenvalue weighted by atomic mass is 9.81. The molecule has 2 amide bonds. The Morgan fingerprint density at radius 3 is 2.42 bits per heavy atom. The van der Waals surface area contributed by atoms with Crippen molar-refractivity contribution >= 4 is 24.2 Å². The molecule has 1 saturated heterocycles. The van der Waals surface area contributed by atoms with Gasteiger partial charge in [0.2, 0.25) is 11.8 Å². The van der Waals surface area contributed by atoms with E-state index in [1.165, 1.54) is 6.92 Å². The van der Waals surface area contributed by atoms with E-state index >= 15 is 0 Å². The fraction of sp³-hybridized carbons (Fsp3) is 0.556. The van der Waals surface area contributed by atoms with Crippen LogP contribution in [0.5, 0.6) is 0 Å². The van der Waals surface area contributed by atoms with E-state index in [1.807, 2.05) is 30.3 Å². The molecule has 3 N–H and O–H groups in total.